The molecule has 0 aromatic heterocycles. The number of fused-ring (bicyclic) bond motifs is 2. The first-order valence-electron chi connectivity index (χ1n) is 16.6. The Hall–Kier alpha value is -3.73. The van der Waals surface area contributed by atoms with Crippen molar-refractivity contribution >= 4 is 23.6 Å². The molecule has 258 valence electrons. The van der Waals surface area contributed by atoms with Crippen LogP contribution in [0.1, 0.15) is 103 Å². The van der Waals surface area contributed by atoms with E-state index in [1.807, 2.05) is 40.7 Å². The molecular weight excluding hydrogens is 616 g/mol. The molecule has 0 amide bonds. The van der Waals surface area contributed by atoms with E-state index in [0.717, 1.165) is 5.57 Å². The number of allylic oxidation sites excluding steroid dienone is 3. The third-order valence-electron chi connectivity index (χ3n) is 11.0. The molecule has 1 saturated heterocycles. The third-order valence-corrected chi connectivity index (χ3v) is 11.0. The monoisotopic (exact) mass is 662 g/mol. The van der Waals surface area contributed by atoms with Gasteiger partial charge in [-0.3, -0.25) is 9.59 Å². The lowest BCUT2D eigenvalue weighted by Crippen LogP contribution is -2.72. The summed E-state index contributed by atoms with van der Waals surface area (Å²) in [4.78, 5) is 40.9. The predicted molar refractivity (Wildman–Crippen MR) is 177 cm³/mol. The Bertz CT molecular complexity index is 1750. The molecule has 1 spiro atoms. The van der Waals surface area contributed by atoms with Gasteiger partial charge in [0.15, 0.2) is 22.8 Å². The minimum Gasteiger partial charge on any atom is -0.506 e. The number of hydrogen-bond donors (Lipinski definition) is 4. The van der Waals surface area contributed by atoms with Gasteiger partial charge >= 0.3 is 5.97 Å². The number of carbonyl (C=O) groups is 3. The normalized spacial score (nSPS) is 31.6. The number of carbonyl (C=O) groups excluding carboxylic acids is 2. The van der Waals surface area contributed by atoms with Crippen molar-refractivity contribution in [3.8, 4) is 17.2 Å². The van der Waals surface area contributed by atoms with Crippen molar-refractivity contribution < 1.29 is 49.0 Å². The lowest BCUT2D eigenvalue weighted by molar-refractivity contribution is -0.171. The quantitative estimate of drug-likeness (QED) is 0.199. The summed E-state index contributed by atoms with van der Waals surface area (Å²) < 4.78 is 20.5. The van der Waals surface area contributed by atoms with Gasteiger partial charge in [-0.15, -0.1) is 0 Å². The number of phenolic OH excluding ortho intramolecular Hbond substituents is 1. The number of rotatable bonds is 9. The first kappa shape index (κ1) is 34.1. The fraction of sp³-hybridized carbons (Fsp3) is 0.553. The van der Waals surface area contributed by atoms with Crippen LogP contribution in [0.15, 0.2) is 41.0 Å². The Morgan fingerprint density at radius 1 is 1.10 bits per heavy atom. The average Bonchev–Trinajstić information content (AvgIpc) is 3.14. The van der Waals surface area contributed by atoms with Gasteiger partial charge in [-0.25, -0.2) is 4.79 Å². The number of carboxylic acids is 1. The van der Waals surface area contributed by atoms with E-state index in [4.69, 9.17) is 14.2 Å². The SMILES string of the molecule is CC(C)=CCc1c2c(c(O)c3c1O[C@]14C(=C[C@@H]5CC1C(C)(C)O[C@@]4(C/C=C(\C)C(=O)O)C5=O)C3=O)C=C[C@@](C)(CCC(O)C(C)(C)O)O2. The van der Waals surface area contributed by atoms with Gasteiger partial charge in [0.1, 0.15) is 28.4 Å². The molecule has 4 N–H and O–H groups in total. The lowest BCUT2D eigenvalue weighted by Gasteiger charge is -2.56. The predicted octanol–water partition coefficient (Wildman–Crippen LogP) is 5.40. The zero-order valence-electron chi connectivity index (χ0n) is 28.9. The highest BCUT2D eigenvalue weighted by Crippen LogP contribution is 2.68. The summed E-state index contributed by atoms with van der Waals surface area (Å²) in [6, 6.07) is 0. The van der Waals surface area contributed by atoms with E-state index >= 15 is 0 Å². The van der Waals surface area contributed by atoms with Gasteiger partial charge in [0, 0.05) is 35.0 Å². The maximum Gasteiger partial charge on any atom is 0.330 e. The van der Waals surface area contributed by atoms with Crippen LogP contribution in [-0.4, -0.2) is 72.1 Å². The molecule has 48 heavy (non-hydrogen) atoms. The van der Waals surface area contributed by atoms with Gasteiger partial charge in [-0.2, -0.15) is 0 Å². The minimum atomic E-state index is -1.68. The van der Waals surface area contributed by atoms with E-state index in [1.54, 1.807) is 32.1 Å². The van der Waals surface area contributed by atoms with Crippen molar-refractivity contribution in [2.45, 2.75) is 122 Å². The maximum absolute atomic E-state index is 14.7. The molecule has 3 aliphatic heterocycles. The largest absolute Gasteiger partial charge is 0.506 e. The first-order valence-corrected chi connectivity index (χ1v) is 16.6. The van der Waals surface area contributed by atoms with Crippen LogP contribution in [0.2, 0.25) is 0 Å². The number of phenols is 1. The molecule has 10 heteroatoms. The van der Waals surface area contributed by atoms with Gasteiger partial charge in [-0.1, -0.05) is 23.8 Å². The van der Waals surface area contributed by atoms with E-state index in [9.17, 15) is 34.8 Å². The third kappa shape index (κ3) is 4.82. The van der Waals surface area contributed by atoms with Gasteiger partial charge in [0.2, 0.25) is 0 Å². The molecule has 6 aliphatic rings. The Morgan fingerprint density at radius 3 is 2.42 bits per heavy atom. The molecule has 3 heterocycles. The average molecular weight is 663 g/mol. The summed E-state index contributed by atoms with van der Waals surface area (Å²) in [5.41, 5.74) is -4.30. The Labute approximate surface area is 280 Å². The Balaban J connectivity index is 1.56. The van der Waals surface area contributed by atoms with E-state index in [1.165, 1.54) is 13.0 Å². The fourth-order valence-electron chi connectivity index (χ4n) is 8.30. The lowest BCUT2D eigenvalue weighted by atomic mass is 9.51. The molecule has 6 atom stereocenters. The Morgan fingerprint density at radius 2 is 1.79 bits per heavy atom. The zero-order chi connectivity index (χ0) is 35.4. The molecule has 1 saturated carbocycles. The van der Waals surface area contributed by atoms with Gasteiger partial charge in [0.05, 0.1) is 22.9 Å². The molecule has 10 nitrogen and oxygen atoms in total. The van der Waals surface area contributed by atoms with Crippen LogP contribution >= 0.6 is 0 Å². The van der Waals surface area contributed by atoms with Crippen LogP contribution in [0.5, 0.6) is 17.2 Å². The van der Waals surface area contributed by atoms with Crippen molar-refractivity contribution in [2.24, 2.45) is 11.8 Å². The maximum atomic E-state index is 14.7. The number of ketones is 2. The van der Waals surface area contributed by atoms with E-state index in [0.29, 0.717) is 29.7 Å². The van der Waals surface area contributed by atoms with Crippen molar-refractivity contribution in [1.29, 1.82) is 0 Å². The van der Waals surface area contributed by atoms with Crippen LogP contribution in [0.4, 0.5) is 0 Å². The van der Waals surface area contributed by atoms with Crippen LogP contribution in [0, 0.1) is 11.8 Å². The number of aliphatic carboxylic acids is 1. The zero-order valence-corrected chi connectivity index (χ0v) is 28.9. The van der Waals surface area contributed by atoms with E-state index in [2.05, 4.69) is 0 Å². The molecular formula is C38H46O10. The first-order chi connectivity index (χ1) is 22.2. The second-order valence-electron chi connectivity index (χ2n) is 15.7. The van der Waals surface area contributed by atoms with Crippen LogP contribution in [0.25, 0.3) is 6.08 Å². The summed E-state index contributed by atoms with van der Waals surface area (Å²) >= 11 is 0. The number of hydrogen-bond acceptors (Lipinski definition) is 9. The highest BCUT2D eigenvalue weighted by atomic mass is 16.6. The highest BCUT2D eigenvalue weighted by Gasteiger charge is 2.81. The molecule has 0 radical (unpaired) electrons. The van der Waals surface area contributed by atoms with Crippen LogP contribution < -0.4 is 9.47 Å². The van der Waals surface area contributed by atoms with Gasteiger partial charge < -0.3 is 34.6 Å². The van der Waals surface area contributed by atoms with Crippen molar-refractivity contribution in [2.75, 3.05) is 0 Å². The summed E-state index contributed by atoms with van der Waals surface area (Å²) in [5.74, 6) is -2.78. The van der Waals surface area contributed by atoms with Gasteiger partial charge in [0.25, 0.3) is 0 Å². The number of carboxylic acid groups (broad SMARTS) is 1. The second kappa shape index (κ2) is 10.9. The fourth-order valence-corrected chi connectivity index (χ4v) is 8.30. The molecule has 2 unspecified atom stereocenters. The molecule has 7 rings (SSSR count). The van der Waals surface area contributed by atoms with Crippen molar-refractivity contribution in [3.05, 3.63) is 57.7 Å². The molecule has 2 fully saturated rings. The summed E-state index contributed by atoms with van der Waals surface area (Å²) in [6.45, 7) is 14.0. The number of aromatic hydroxyl groups is 1. The Kier molecular flexibility index (Phi) is 7.74. The van der Waals surface area contributed by atoms with Crippen molar-refractivity contribution in [3.63, 3.8) is 0 Å². The minimum absolute atomic E-state index is 0.0123. The molecule has 1 aromatic carbocycles. The molecule has 1 aromatic rings. The number of benzene rings is 1. The van der Waals surface area contributed by atoms with E-state index < -0.39 is 57.7 Å². The number of aliphatic hydroxyl groups is 2. The molecule has 3 aliphatic carbocycles. The smallest absolute Gasteiger partial charge is 0.330 e. The summed E-state index contributed by atoms with van der Waals surface area (Å²) in [7, 11) is 0. The van der Waals surface area contributed by atoms with Crippen LogP contribution in [0.3, 0.4) is 0 Å². The summed E-state index contributed by atoms with van der Waals surface area (Å²) in [5, 5.41) is 42.3. The van der Waals surface area contributed by atoms with E-state index in [-0.39, 0.29) is 53.3 Å². The number of ether oxygens (including phenoxy) is 3. The number of aliphatic hydroxyl groups excluding tert-OH is 1. The number of Topliss-reactive ketones (excluding diaryl/α,β-unsaturated/α-hetero) is 2. The topological polar surface area (TPSA) is 160 Å². The second-order valence-corrected chi connectivity index (χ2v) is 15.7. The van der Waals surface area contributed by atoms with Gasteiger partial charge in [-0.05, 0) is 93.2 Å². The summed E-state index contributed by atoms with van der Waals surface area (Å²) in [6.07, 6.45) is 8.71. The highest BCUT2D eigenvalue weighted by molar-refractivity contribution is 6.19. The molecule has 4 bridgehead atoms. The van der Waals surface area contributed by atoms with Crippen molar-refractivity contribution in [1.82, 2.24) is 0 Å². The standard InChI is InChI=1S/C38H46O10/c1-19(2)9-10-23-30-22(12-14-36(8,46-30)15-13-26(39)34(4,5)45)28(40)27-29(41)24-17-21-18-25-35(6,7)48-37(32(21)42,16-11-20(3)33(43)44)38(24,25)47-31(23)27/h9,11-12,14,17,21,25-26,39-40,45H,10,13,15-16,18H2,1-8H3,(H,43,44)/b20-11+/t21-,25?,26?,36+,37+,38-/m1/s1. The van der Waals surface area contributed by atoms with Crippen LogP contribution in [-0.2, 0) is 20.7 Å².